The molecule has 3 amide bonds. The summed E-state index contributed by atoms with van der Waals surface area (Å²) in [6, 6.07) is 20.5. The highest BCUT2D eigenvalue weighted by Crippen LogP contribution is 2.34. The van der Waals surface area contributed by atoms with Crippen LogP contribution in [0.5, 0.6) is 0 Å². The molecule has 0 radical (unpaired) electrons. The Hall–Kier alpha value is -5.23. The van der Waals surface area contributed by atoms with Gasteiger partial charge in [-0.1, -0.05) is 87.0 Å². The van der Waals surface area contributed by atoms with E-state index in [1.54, 1.807) is 25.3 Å². The lowest BCUT2D eigenvalue weighted by molar-refractivity contribution is -0.160. The van der Waals surface area contributed by atoms with Gasteiger partial charge >= 0.3 is 12.1 Å². The maximum Gasteiger partial charge on any atom is 0.408 e. The van der Waals surface area contributed by atoms with Gasteiger partial charge in [0.25, 0.3) is 5.91 Å². The first-order valence-electron chi connectivity index (χ1n) is 16.0. The molecule has 3 aromatic rings. The molecule has 3 atom stereocenters. The van der Waals surface area contributed by atoms with Crippen LogP contribution < -0.4 is 21.4 Å². The van der Waals surface area contributed by atoms with Crippen LogP contribution in [0, 0.1) is 11.8 Å². The van der Waals surface area contributed by atoms with Crippen molar-refractivity contribution < 1.29 is 33.5 Å². The van der Waals surface area contributed by atoms with Gasteiger partial charge < -0.3 is 30.3 Å². The van der Waals surface area contributed by atoms with E-state index in [9.17, 15) is 24.0 Å². The Morgan fingerprint density at radius 2 is 1.65 bits per heavy atom. The number of nitrogens with one attached hydrogen (secondary N) is 2. The van der Waals surface area contributed by atoms with Gasteiger partial charge in [0.15, 0.2) is 0 Å². The number of carbonyl (C=O) groups excluding carboxylic acids is 5. The molecule has 0 unspecified atom stereocenters. The second-order valence-electron chi connectivity index (χ2n) is 12.3. The van der Waals surface area contributed by atoms with Crippen molar-refractivity contribution in [2.24, 2.45) is 17.6 Å². The van der Waals surface area contributed by atoms with E-state index in [0.717, 1.165) is 28.4 Å². The van der Waals surface area contributed by atoms with Gasteiger partial charge in [-0.2, -0.15) is 5.48 Å². The molecule has 1 aliphatic rings. The van der Waals surface area contributed by atoms with E-state index in [1.165, 1.54) is 4.90 Å². The van der Waals surface area contributed by atoms with Crippen LogP contribution in [0.15, 0.2) is 84.7 Å². The number of fused-ring (bicyclic) bond motifs is 1. The highest BCUT2D eigenvalue weighted by atomic mass is 16.7. The molecule has 254 valence electrons. The highest BCUT2D eigenvalue weighted by Gasteiger charge is 2.33. The summed E-state index contributed by atoms with van der Waals surface area (Å²) < 4.78 is 5.38. The van der Waals surface area contributed by atoms with Crippen molar-refractivity contribution in [1.29, 1.82) is 0 Å². The number of benzene rings is 3. The van der Waals surface area contributed by atoms with Crippen LogP contribution in [0.2, 0.25) is 0 Å². The molecule has 3 aromatic carbocycles. The topological polar surface area (TPSA) is 160 Å². The fraction of sp³-hybridized carbons (Fsp3) is 0.361. The van der Waals surface area contributed by atoms with Gasteiger partial charge in [-0.3, -0.25) is 14.5 Å². The van der Waals surface area contributed by atoms with Gasteiger partial charge in [0.2, 0.25) is 5.91 Å². The first kappa shape index (κ1) is 35.6. The Labute approximate surface area is 280 Å². The summed E-state index contributed by atoms with van der Waals surface area (Å²) in [5, 5.41) is 4.46. The van der Waals surface area contributed by atoms with Crippen molar-refractivity contribution in [2.45, 2.75) is 65.1 Å². The van der Waals surface area contributed by atoms with Gasteiger partial charge in [0.1, 0.15) is 25.6 Å². The van der Waals surface area contributed by atoms with Crippen molar-refractivity contribution in [1.82, 2.24) is 15.7 Å². The number of rotatable bonds is 14. The summed E-state index contributed by atoms with van der Waals surface area (Å²) in [6.45, 7) is 5.70. The average Bonchev–Trinajstić information content (AvgIpc) is 3.50. The van der Waals surface area contributed by atoms with Gasteiger partial charge in [0, 0.05) is 29.6 Å². The molecule has 12 heteroatoms. The Bertz CT molecular complexity index is 1620. The third kappa shape index (κ3) is 9.88. The minimum atomic E-state index is -1.29. The lowest BCUT2D eigenvalue weighted by Crippen LogP contribution is -2.48. The second kappa shape index (κ2) is 17.1. The van der Waals surface area contributed by atoms with Crippen LogP contribution in [0.3, 0.4) is 0 Å². The van der Waals surface area contributed by atoms with Gasteiger partial charge in [-0.25, -0.2) is 9.59 Å². The fourth-order valence-corrected chi connectivity index (χ4v) is 5.29. The van der Waals surface area contributed by atoms with E-state index in [-0.39, 0.29) is 32.0 Å². The first-order valence-corrected chi connectivity index (χ1v) is 16.0. The number of nitrogens with two attached hydrogens (primary N) is 1. The lowest BCUT2D eigenvalue weighted by atomic mass is 9.96. The van der Waals surface area contributed by atoms with Crippen molar-refractivity contribution in [3.8, 4) is 0 Å². The second-order valence-corrected chi connectivity index (χ2v) is 12.3. The van der Waals surface area contributed by atoms with Crippen LogP contribution in [0.1, 0.15) is 52.0 Å². The molecule has 4 N–H and O–H groups in total. The summed E-state index contributed by atoms with van der Waals surface area (Å²) in [6.07, 6.45) is 2.38. The Morgan fingerprint density at radius 3 is 2.35 bits per heavy atom. The molecule has 12 nitrogen and oxygen atoms in total. The molecular formula is C36H43N5O7. The highest BCUT2D eigenvalue weighted by molar-refractivity contribution is 5.96. The quantitative estimate of drug-likeness (QED) is 0.167. The molecule has 0 aliphatic carbocycles. The molecule has 1 aliphatic heterocycles. The molecule has 0 saturated carbocycles. The van der Waals surface area contributed by atoms with Crippen molar-refractivity contribution in [2.75, 3.05) is 11.6 Å². The number of aldehydes is 1. The number of hydrogen-bond donors (Lipinski definition) is 3. The minimum Gasteiger partial charge on any atom is -0.445 e. The molecular weight excluding hydrogens is 614 g/mol. The molecule has 0 fully saturated rings. The molecule has 0 aromatic heterocycles. The molecule has 0 saturated heterocycles. The normalized spacial score (nSPS) is 14.6. The summed E-state index contributed by atoms with van der Waals surface area (Å²) in [4.78, 5) is 72.0. The Balaban J connectivity index is 1.56. The fourth-order valence-electron chi connectivity index (χ4n) is 5.29. The SMILES string of the molecule is CC(C)CC[C@H](C=O)CC(=O)ONC(=O)[C@@H](CC1=CN(C(=O)[C@H](C)N)CN1c1cccc2ccccc12)NC(=O)OCc1ccccc1. The number of carbonyl (C=O) groups is 5. The minimum absolute atomic E-state index is 0.0407. The van der Waals surface area contributed by atoms with E-state index < -0.39 is 36.0 Å². The maximum absolute atomic E-state index is 13.5. The number of amides is 3. The Morgan fingerprint density at radius 1 is 0.938 bits per heavy atom. The Kier molecular flexibility index (Phi) is 12.7. The van der Waals surface area contributed by atoms with E-state index in [0.29, 0.717) is 24.3 Å². The molecule has 0 spiro atoms. The van der Waals surface area contributed by atoms with Gasteiger partial charge in [-0.05, 0) is 36.3 Å². The third-order valence-corrected chi connectivity index (χ3v) is 7.91. The van der Waals surface area contributed by atoms with Crippen LogP contribution in [0.25, 0.3) is 10.8 Å². The van der Waals surface area contributed by atoms with Gasteiger partial charge in [0.05, 0.1) is 18.2 Å². The van der Waals surface area contributed by atoms with Gasteiger partial charge in [-0.15, -0.1) is 0 Å². The zero-order chi connectivity index (χ0) is 34.6. The summed E-state index contributed by atoms with van der Waals surface area (Å²) in [5.41, 5.74) is 10.1. The number of alkyl carbamates (subject to hydrolysis) is 1. The molecule has 4 rings (SSSR count). The van der Waals surface area contributed by atoms with E-state index in [4.69, 9.17) is 15.3 Å². The standard InChI is InChI=1S/C36H43N5O7/c1-24(2)16-17-27(21-42)18-33(43)48-39-34(44)31(38-36(46)47-22-26-10-5-4-6-11-26)19-29-20-40(35(45)25(3)37)23-41(29)32-15-9-13-28-12-7-8-14-30(28)32/h4-15,20-21,24-25,27,31H,16-19,22-23,37H2,1-3H3,(H,38,46)(H,39,44)/t25-,27-,31+/m0/s1. The van der Waals surface area contributed by atoms with Crippen LogP contribution in [-0.4, -0.2) is 53.8 Å². The average molecular weight is 658 g/mol. The van der Waals surface area contributed by atoms with Crippen molar-refractivity contribution in [3.63, 3.8) is 0 Å². The van der Waals surface area contributed by atoms with Crippen LogP contribution in [0.4, 0.5) is 10.5 Å². The summed E-state index contributed by atoms with van der Waals surface area (Å²) >= 11 is 0. The zero-order valence-electron chi connectivity index (χ0n) is 27.5. The zero-order valence-corrected chi connectivity index (χ0v) is 27.5. The smallest absolute Gasteiger partial charge is 0.408 e. The third-order valence-electron chi connectivity index (χ3n) is 7.91. The number of hydroxylamine groups is 1. The van der Waals surface area contributed by atoms with Crippen LogP contribution in [-0.2, 0) is 35.4 Å². The van der Waals surface area contributed by atoms with E-state index in [2.05, 4.69) is 10.8 Å². The predicted molar refractivity (Wildman–Crippen MR) is 181 cm³/mol. The number of hydrogen-bond acceptors (Lipinski definition) is 9. The maximum atomic E-state index is 13.5. The molecule has 1 heterocycles. The predicted octanol–water partition coefficient (Wildman–Crippen LogP) is 4.54. The van der Waals surface area contributed by atoms with Crippen LogP contribution >= 0.6 is 0 Å². The number of ether oxygens (including phenoxy) is 1. The largest absolute Gasteiger partial charge is 0.445 e. The molecule has 0 bridgehead atoms. The van der Waals surface area contributed by atoms with Crippen molar-refractivity contribution >= 4 is 46.6 Å². The summed E-state index contributed by atoms with van der Waals surface area (Å²) in [5.74, 6) is -2.15. The van der Waals surface area contributed by atoms with E-state index >= 15 is 0 Å². The first-order chi connectivity index (χ1) is 23.0. The molecule has 48 heavy (non-hydrogen) atoms. The number of nitrogens with zero attached hydrogens (tertiary/aromatic N) is 2. The monoisotopic (exact) mass is 657 g/mol. The van der Waals surface area contributed by atoms with E-state index in [1.807, 2.05) is 79.4 Å². The number of anilines is 1. The lowest BCUT2D eigenvalue weighted by Gasteiger charge is -2.27. The summed E-state index contributed by atoms with van der Waals surface area (Å²) in [7, 11) is 0. The van der Waals surface area contributed by atoms with Crippen molar-refractivity contribution in [3.05, 3.63) is 90.3 Å².